The van der Waals surface area contributed by atoms with Gasteiger partial charge in [-0.1, -0.05) is 0 Å². The van der Waals surface area contributed by atoms with Gasteiger partial charge in [-0.25, -0.2) is 0 Å². The Kier molecular flexibility index (Phi) is 3.08. The van der Waals surface area contributed by atoms with Crippen molar-refractivity contribution in [2.24, 2.45) is 0 Å². The topological polar surface area (TPSA) is 51.1 Å². The van der Waals surface area contributed by atoms with E-state index in [1.54, 1.807) is 7.05 Å². The van der Waals surface area contributed by atoms with Crippen LogP contribution in [0.25, 0.3) is 0 Å². The van der Waals surface area contributed by atoms with Gasteiger partial charge in [-0.2, -0.15) is 0 Å². The van der Waals surface area contributed by atoms with Crippen molar-refractivity contribution >= 4 is 11.7 Å². The predicted molar refractivity (Wildman–Crippen MR) is 60.4 cm³/mol. The van der Waals surface area contributed by atoms with Crippen molar-refractivity contribution in [3.63, 3.8) is 0 Å². The summed E-state index contributed by atoms with van der Waals surface area (Å²) in [4.78, 5) is 22.7. The van der Waals surface area contributed by atoms with Gasteiger partial charge in [-0.15, -0.1) is 0 Å². The van der Waals surface area contributed by atoms with E-state index >= 15 is 0 Å². The second-order valence-electron chi connectivity index (χ2n) is 4.07. The minimum atomic E-state index is 0.0320. The number of aromatic nitrogens is 1. The molecule has 0 atom stereocenters. The number of carbonyl (C=O) groups excluding carboxylic acids is 2. The van der Waals surface area contributed by atoms with Crippen molar-refractivity contribution in [2.45, 2.75) is 32.2 Å². The van der Waals surface area contributed by atoms with Crippen LogP contribution in [0, 0.1) is 0 Å². The molecule has 0 saturated carbocycles. The summed E-state index contributed by atoms with van der Waals surface area (Å²) >= 11 is 0. The number of aryl methyl sites for hydroxylation is 1. The predicted octanol–water partition coefficient (Wildman–Crippen LogP) is 1.14. The molecule has 16 heavy (non-hydrogen) atoms. The highest BCUT2D eigenvalue weighted by Crippen LogP contribution is 2.22. The normalized spacial score (nSPS) is 14.7. The van der Waals surface area contributed by atoms with Crippen LogP contribution < -0.4 is 5.32 Å². The van der Waals surface area contributed by atoms with Crippen LogP contribution in [-0.4, -0.2) is 23.3 Å². The number of hydrogen-bond donors (Lipinski definition) is 1. The fourth-order valence-electron chi connectivity index (χ4n) is 2.15. The van der Waals surface area contributed by atoms with Gasteiger partial charge in [0, 0.05) is 43.9 Å². The molecule has 1 aliphatic rings. The average Bonchev–Trinajstić information content (AvgIpc) is 2.70. The number of hydrogen-bond acceptors (Lipinski definition) is 2. The fraction of sp³-hybridized carbons (Fsp3) is 0.500. The summed E-state index contributed by atoms with van der Waals surface area (Å²) in [6, 6.07) is 1.88. The van der Waals surface area contributed by atoms with E-state index in [0.29, 0.717) is 19.4 Å². The highest BCUT2D eigenvalue weighted by atomic mass is 16.1. The van der Waals surface area contributed by atoms with Gasteiger partial charge in [-0.05, 0) is 18.9 Å². The molecule has 1 aromatic heterocycles. The molecule has 0 bridgehead atoms. The molecule has 1 heterocycles. The summed E-state index contributed by atoms with van der Waals surface area (Å²) in [5.41, 5.74) is 1.95. The molecule has 0 fully saturated rings. The number of Topliss-reactive ketones (excluding diaryl/α,β-unsaturated/α-hetero) is 1. The molecule has 4 heteroatoms. The highest BCUT2D eigenvalue weighted by Gasteiger charge is 2.20. The van der Waals surface area contributed by atoms with Crippen molar-refractivity contribution in [1.82, 2.24) is 9.88 Å². The maximum atomic E-state index is 11.6. The zero-order chi connectivity index (χ0) is 11.5. The molecule has 2 rings (SSSR count). The van der Waals surface area contributed by atoms with Gasteiger partial charge in [-0.3, -0.25) is 9.59 Å². The van der Waals surface area contributed by atoms with Crippen molar-refractivity contribution in [1.29, 1.82) is 0 Å². The first-order valence-electron chi connectivity index (χ1n) is 5.64. The van der Waals surface area contributed by atoms with Gasteiger partial charge in [0.15, 0.2) is 5.78 Å². The lowest BCUT2D eigenvalue weighted by molar-refractivity contribution is -0.120. The third kappa shape index (κ3) is 2.01. The molecular formula is C12H16N2O2. The van der Waals surface area contributed by atoms with Crippen molar-refractivity contribution in [2.75, 3.05) is 7.05 Å². The van der Waals surface area contributed by atoms with Crippen molar-refractivity contribution in [3.05, 3.63) is 23.5 Å². The Hall–Kier alpha value is -1.58. The number of ketones is 1. The zero-order valence-corrected chi connectivity index (χ0v) is 9.45. The molecule has 0 saturated heterocycles. The van der Waals surface area contributed by atoms with Crippen LogP contribution in [0.2, 0.25) is 0 Å². The summed E-state index contributed by atoms with van der Waals surface area (Å²) in [6.45, 7) is 0.655. The number of fused-ring (bicyclic) bond motifs is 1. The molecule has 86 valence electrons. The number of nitrogens with one attached hydrogen (secondary N) is 1. The zero-order valence-electron chi connectivity index (χ0n) is 9.45. The first-order chi connectivity index (χ1) is 7.72. The van der Waals surface area contributed by atoms with Crippen molar-refractivity contribution < 1.29 is 9.59 Å². The molecular weight excluding hydrogens is 204 g/mol. The Morgan fingerprint density at radius 3 is 3.06 bits per heavy atom. The molecule has 1 N–H and O–H groups in total. The van der Waals surface area contributed by atoms with E-state index in [1.165, 1.54) is 0 Å². The Balaban J connectivity index is 2.11. The Morgan fingerprint density at radius 2 is 2.31 bits per heavy atom. The summed E-state index contributed by atoms with van der Waals surface area (Å²) in [6.07, 6.45) is 4.91. The Morgan fingerprint density at radius 1 is 1.50 bits per heavy atom. The smallest absolute Gasteiger partial charge is 0.221 e. The molecule has 1 amide bonds. The van der Waals surface area contributed by atoms with E-state index in [9.17, 15) is 9.59 Å². The molecule has 0 radical (unpaired) electrons. The maximum absolute atomic E-state index is 11.6. The fourth-order valence-corrected chi connectivity index (χ4v) is 2.15. The third-order valence-corrected chi connectivity index (χ3v) is 3.06. The van der Waals surface area contributed by atoms with Crippen molar-refractivity contribution in [3.8, 4) is 0 Å². The number of nitrogens with zero attached hydrogens (tertiary/aromatic N) is 1. The van der Waals surface area contributed by atoms with Crippen LogP contribution >= 0.6 is 0 Å². The molecule has 1 aliphatic carbocycles. The quantitative estimate of drug-likeness (QED) is 0.830. The van der Waals surface area contributed by atoms with E-state index < -0.39 is 0 Å². The van der Waals surface area contributed by atoms with Crippen LogP contribution in [0.15, 0.2) is 12.3 Å². The number of rotatable bonds is 3. The first kappa shape index (κ1) is 10.9. The van der Waals surface area contributed by atoms with Gasteiger partial charge < -0.3 is 9.88 Å². The molecule has 4 nitrogen and oxygen atoms in total. The Bertz CT molecular complexity index is 421. The second kappa shape index (κ2) is 4.51. The summed E-state index contributed by atoms with van der Waals surface area (Å²) in [7, 11) is 1.64. The average molecular weight is 220 g/mol. The van der Waals surface area contributed by atoms with E-state index in [1.807, 2.05) is 16.8 Å². The number of carbonyl (C=O) groups is 2. The van der Waals surface area contributed by atoms with E-state index in [0.717, 1.165) is 24.1 Å². The maximum Gasteiger partial charge on any atom is 0.221 e. The lowest BCUT2D eigenvalue weighted by atomic mass is 9.97. The largest absolute Gasteiger partial charge is 0.359 e. The minimum absolute atomic E-state index is 0.0320. The second-order valence-corrected chi connectivity index (χ2v) is 4.07. The minimum Gasteiger partial charge on any atom is -0.359 e. The molecule has 0 aliphatic heterocycles. The van der Waals surface area contributed by atoms with Crippen LogP contribution in [0.4, 0.5) is 0 Å². The first-order valence-corrected chi connectivity index (χ1v) is 5.64. The van der Waals surface area contributed by atoms with Crippen LogP contribution in [-0.2, 0) is 17.8 Å². The summed E-state index contributed by atoms with van der Waals surface area (Å²) in [5.74, 6) is 0.268. The summed E-state index contributed by atoms with van der Waals surface area (Å²) in [5, 5.41) is 2.60. The highest BCUT2D eigenvalue weighted by molar-refractivity contribution is 5.98. The van der Waals surface area contributed by atoms with E-state index in [-0.39, 0.29) is 11.7 Å². The van der Waals surface area contributed by atoms with Crippen LogP contribution in [0.5, 0.6) is 0 Å². The van der Waals surface area contributed by atoms with Gasteiger partial charge in [0.2, 0.25) is 5.91 Å². The Labute approximate surface area is 94.6 Å². The van der Waals surface area contributed by atoms with E-state index in [4.69, 9.17) is 0 Å². The summed E-state index contributed by atoms with van der Waals surface area (Å²) < 4.78 is 2.03. The number of amides is 1. The van der Waals surface area contributed by atoms with Crippen LogP contribution in [0.3, 0.4) is 0 Å². The monoisotopic (exact) mass is 220 g/mol. The van der Waals surface area contributed by atoms with Gasteiger partial charge in [0.25, 0.3) is 0 Å². The SMILES string of the molecule is CNC(=O)CCn1ccc2c1CCCC2=O. The van der Waals surface area contributed by atoms with Gasteiger partial charge in [0.1, 0.15) is 0 Å². The van der Waals surface area contributed by atoms with Crippen LogP contribution in [0.1, 0.15) is 35.3 Å². The molecule has 0 aromatic carbocycles. The molecule has 0 unspecified atom stereocenters. The third-order valence-electron chi connectivity index (χ3n) is 3.06. The lowest BCUT2D eigenvalue weighted by Gasteiger charge is -2.14. The van der Waals surface area contributed by atoms with E-state index in [2.05, 4.69) is 5.32 Å². The molecule has 0 spiro atoms. The molecule has 1 aromatic rings. The van der Waals surface area contributed by atoms with Gasteiger partial charge in [0.05, 0.1) is 0 Å². The lowest BCUT2D eigenvalue weighted by Crippen LogP contribution is -2.20. The van der Waals surface area contributed by atoms with Gasteiger partial charge >= 0.3 is 0 Å². The standard InChI is InChI=1S/C12H16N2O2/c1-13-12(16)6-8-14-7-5-9-10(14)3-2-4-11(9)15/h5,7H,2-4,6,8H2,1H3,(H,13,16).